The van der Waals surface area contributed by atoms with Crippen molar-refractivity contribution < 1.29 is 19.4 Å². The van der Waals surface area contributed by atoms with Crippen molar-refractivity contribution in [3.8, 4) is 0 Å². The molecule has 3 N–H and O–H groups in total. The summed E-state index contributed by atoms with van der Waals surface area (Å²) in [5.41, 5.74) is 5.27. The predicted octanol–water partition coefficient (Wildman–Crippen LogP) is 1.19. The molecule has 2 atom stereocenters. The van der Waals surface area contributed by atoms with Gasteiger partial charge in [-0.05, 0) is 33.6 Å². The van der Waals surface area contributed by atoms with E-state index in [0.29, 0.717) is 19.4 Å². The monoisotopic (exact) mass is 258 g/mol. The molecule has 2 unspecified atom stereocenters. The van der Waals surface area contributed by atoms with Crippen molar-refractivity contribution >= 4 is 12.1 Å². The van der Waals surface area contributed by atoms with Crippen LogP contribution in [0.15, 0.2) is 0 Å². The number of likely N-dealkylation sites (tertiary alicyclic amines) is 1. The standard InChI is InChI=1S/C12H22N2O4/c1-12(2,3)18-10(15)7-9-6-8(13)4-5-14(9)11(16)17/h8-9H,4-7,13H2,1-3H3,(H,16,17). The van der Waals surface area contributed by atoms with Crippen molar-refractivity contribution in [3.05, 3.63) is 0 Å². The van der Waals surface area contributed by atoms with Gasteiger partial charge in [-0.2, -0.15) is 0 Å². The lowest BCUT2D eigenvalue weighted by Crippen LogP contribution is -2.50. The maximum Gasteiger partial charge on any atom is 0.407 e. The Morgan fingerprint density at radius 3 is 2.56 bits per heavy atom. The Bertz CT molecular complexity index is 325. The zero-order valence-electron chi connectivity index (χ0n) is 11.2. The topological polar surface area (TPSA) is 92.9 Å². The zero-order valence-corrected chi connectivity index (χ0v) is 11.2. The van der Waals surface area contributed by atoms with E-state index in [0.717, 1.165) is 0 Å². The molecule has 0 spiro atoms. The summed E-state index contributed by atoms with van der Waals surface area (Å²) in [4.78, 5) is 24.1. The smallest absolute Gasteiger partial charge is 0.407 e. The molecular weight excluding hydrogens is 236 g/mol. The lowest BCUT2D eigenvalue weighted by Gasteiger charge is -2.36. The van der Waals surface area contributed by atoms with Gasteiger partial charge in [0, 0.05) is 18.6 Å². The number of nitrogens with two attached hydrogens (primary N) is 1. The molecular formula is C12H22N2O4. The third-order valence-electron chi connectivity index (χ3n) is 2.82. The third kappa shape index (κ3) is 4.52. The number of carbonyl (C=O) groups is 2. The van der Waals surface area contributed by atoms with Crippen LogP contribution in [0.4, 0.5) is 4.79 Å². The second kappa shape index (κ2) is 5.56. The number of carboxylic acid groups (broad SMARTS) is 1. The minimum atomic E-state index is -1.00. The molecule has 1 saturated heterocycles. The summed E-state index contributed by atoms with van der Waals surface area (Å²) >= 11 is 0. The van der Waals surface area contributed by atoms with E-state index in [1.54, 1.807) is 20.8 Å². The first-order valence-corrected chi connectivity index (χ1v) is 6.16. The van der Waals surface area contributed by atoms with Gasteiger partial charge in [-0.1, -0.05) is 0 Å². The molecule has 1 aliphatic heterocycles. The molecule has 1 amide bonds. The molecule has 1 fully saturated rings. The zero-order chi connectivity index (χ0) is 13.9. The van der Waals surface area contributed by atoms with Crippen molar-refractivity contribution in [2.75, 3.05) is 6.54 Å². The van der Waals surface area contributed by atoms with Crippen LogP contribution in [-0.4, -0.2) is 46.3 Å². The number of esters is 1. The van der Waals surface area contributed by atoms with Gasteiger partial charge in [0.1, 0.15) is 5.60 Å². The van der Waals surface area contributed by atoms with Crippen LogP contribution in [0.25, 0.3) is 0 Å². The SMILES string of the molecule is CC(C)(C)OC(=O)CC1CC(N)CCN1C(=O)O. The van der Waals surface area contributed by atoms with E-state index in [4.69, 9.17) is 15.6 Å². The molecule has 1 heterocycles. The highest BCUT2D eigenvalue weighted by atomic mass is 16.6. The fraction of sp³-hybridized carbons (Fsp3) is 0.833. The van der Waals surface area contributed by atoms with Crippen LogP contribution in [0.1, 0.15) is 40.0 Å². The molecule has 0 aromatic carbocycles. The summed E-state index contributed by atoms with van der Waals surface area (Å²) in [5.74, 6) is -0.382. The first-order chi connectivity index (χ1) is 8.19. The molecule has 0 radical (unpaired) electrons. The average molecular weight is 258 g/mol. The maximum atomic E-state index is 11.7. The Hall–Kier alpha value is -1.30. The van der Waals surface area contributed by atoms with Crippen molar-refractivity contribution in [1.29, 1.82) is 0 Å². The molecule has 6 heteroatoms. The number of carbonyl (C=O) groups excluding carboxylic acids is 1. The Labute approximate surface area is 107 Å². The number of rotatable bonds is 2. The highest BCUT2D eigenvalue weighted by Crippen LogP contribution is 2.21. The lowest BCUT2D eigenvalue weighted by atomic mass is 9.96. The highest BCUT2D eigenvalue weighted by Gasteiger charge is 2.32. The summed E-state index contributed by atoms with van der Waals surface area (Å²) in [6.07, 6.45) is 0.204. The van der Waals surface area contributed by atoms with Crippen LogP contribution in [-0.2, 0) is 9.53 Å². The van der Waals surface area contributed by atoms with E-state index in [9.17, 15) is 9.59 Å². The Kier molecular flexibility index (Phi) is 4.56. The van der Waals surface area contributed by atoms with Crippen LogP contribution in [0.3, 0.4) is 0 Å². The van der Waals surface area contributed by atoms with Gasteiger partial charge in [-0.15, -0.1) is 0 Å². The van der Waals surface area contributed by atoms with Gasteiger partial charge in [0.15, 0.2) is 0 Å². The Morgan fingerprint density at radius 1 is 1.44 bits per heavy atom. The maximum absolute atomic E-state index is 11.7. The number of amides is 1. The molecule has 6 nitrogen and oxygen atoms in total. The first kappa shape index (κ1) is 14.8. The summed E-state index contributed by atoms with van der Waals surface area (Å²) in [5, 5.41) is 9.07. The van der Waals surface area contributed by atoms with Crippen LogP contribution in [0.5, 0.6) is 0 Å². The van der Waals surface area contributed by atoms with E-state index in [2.05, 4.69) is 0 Å². The summed E-state index contributed by atoms with van der Waals surface area (Å²) in [6, 6.07) is -0.422. The average Bonchev–Trinajstić information content (AvgIpc) is 2.13. The largest absolute Gasteiger partial charge is 0.465 e. The molecule has 18 heavy (non-hydrogen) atoms. The quantitative estimate of drug-likeness (QED) is 0.726. The summed E-state index contributed by atoms with van der Waals surface area (Å²) in [6.45, 7) is 5.73. The Morgan fingerprint density at radius 2 is 2.06 bits per heavy atom. The van der Waals surface area contributed by atoms with Gasteiger partial charge < -0.3 is 20.5 Å². The molecule has 1 aliphatic rings. The second-order valence-electron chi connectivity index (χ2n) is 5.70. The van der Waals surface area contributed by atoms with Crippen LogP contribution in [0.2, 0.25) is 0 Å². The molecule has 0 bridgehead atoms. The lowest BCUT2D eigenvalue weighted by molar-refractivity contribution is -0.156. The van der Waals surface area contributed by atoms with Gasteiger partial charge in [-0.3, -0.25) is 4.79 Å². The second-order valence-corrected chi connectivity index (χ2v) is 5.70. The molecule has 0 aromatic rings. The van der Waals surface area contributed by atoms with E-state index in [1.165, 1.54) is 4.90 Å². The molecule has 0 saturated carbocycles. The molecule has 1 rings (SSSR count). The number of nitrogens with zero attached hydrogens (tertiary/aromatic N) is 1. The number of piperidine rings is 1. The van der Waals surface area contributed by atoms with Crippen molar-refractivity contribution in [3.63, 3.8) is 0 Å². The number of hydrogen-bond donors (Lipinski definition) is 2. The summed E-state index contributed by atoms with van der Waals surface area (Å²) in [7, 11) is 0. The van der Waals surface area contributed by atoms with Gasteiger partial charge in [0.2, 0.25) is 0 Å². The van der Waals surface area contributed by atoms with Crippen LogP contribution >= 0.6 is 0 Å². The van der Waals surface area contributed by atoms with Crippen molar-refractivity contribution in [1.82, 2.24) is 4.90 Å². The normalized spacial score (nSPS) is 24.8. The number of hydrogen-bond acceptors (Lipinski definition) is 4. The number of ether oxygens (including phenoxy) is 1. The predicted molar refractivity (Wildman–Crippen MR) is 66.2 cm³/mol. The molecule has 104 valence electrons. The van der Waals surface area contributed by atoms with Crippen molar-refractivity contribution in [2.24, 2.45) is 5.73 Å². The van der Waals surface area contributed by atoms with Crippen molar-refractivity contribution in [2.45, 2.75) is 57.7 Å². The minimum absolute atomic E-state index is 0.0481. The fourth-order valence-electron chi connectivity index (χ4n) is 2.10. The van der Waals surface area contributed by atoms with Gasteiger partial charge in [-0.25, -0.2) is 4.79 Å². The first-order valence-electron chi connectivity index (χ1n) is 6.16. The van der Waals surface area contributed by atoms with Crippen LogP contribution in [0, 0.1) is 0 Å². The van der Waals surface area contributed by atoms with Gasteiger partial charge in [0.05, 0.1) is 6.42 Å². The fourth-order valence-corrected chi connectivity index (χ4v) is 2.10. The van der Waals surface area contributed by atoms with Crippen LogP contribution < -0.4 is 5.73 Å². The molecule has 0 aliphatic carbocycles. The van der Waals surface area contributed by atoms with E-state index in [1.807, 2.05) is 0 Å². The van der Waals surface area contributed by atoms with E-state index in [-0.39, 0.29) is 24.5 Å². The van der Waals surface area contributed by atoms with E-state index >= 15 is 0 Å². The highest BCUT2D eigenvalue weighted by molar-refractivity contribution is 5.72. The van der Waals surface area contributed by atoms with Gasteiger partial charge >= 0.3 is 12.1 Å². The van der Waals surface area contributed by atoms with E-state index < -0.39 is 11.7 Å². The third-order valence-corrected chi connectivity index (χ3v) is 2.82. The minimum Gasteiger partial charge on any atom is -0.465 e. The van der Waals surface area contributed by atoms with Gasteiger partial charge in [0.25, 0.3) is 0 Å². The Balaban J connectivity index is 2.61. The molecule has 0 aromatic heterocycles. The summed E-state index contributed by atoms with van der Waals surface area (Å²) < 4.78 is 5.20.